The number of hydrogen-bond donors (Lipinski definition) is 1. The number of carbonyl (C=O) groups excluding carboxylic acids is 1. The third kappa shape index (κ3) is 2.16. The molecule has 2 aliphatic rings. The lowest BCUT2D eigenvalue weighted by molar-refractivity contribution is 0.0612. The van der Waals surface area contributed by atoms with Gasteiger partial charge in [-0.3, -0.25) is 9.48 Å². The van der Waals surface area contributed by atoms with E-state index in [0.717, 1.165) is 59.8 Å². The molecule has 2 fully saturated rings. The summed E-state index contributed by atoms with van der Waals surface area (Å²) in [5, 5.41) is 9.00. The molecule has 0 radical (unpaired) electrons. The lowest BCUT2D eigenvalue weighted by atomic mass is 9.78. The monoisotopic (exact) mass is 318 g/mol. The molecule has 5 nitrogen and oxygen atoms in total. The molecule has 0 aliphatic carbocycles. The highest BCUT2D eigenvalue weighted by Gasteiger charge is 2.38. The van der Waals surface area contributed by atoms with Crippen molar-refractivity contribution in [2.24, 2.45) is 12.5 Å². The van der Waals surface area contributed by atoms with Gasteiger partial charge in [0.25, 0.3) is 5.91 Å². The van der Waals surface area contributed by atoms with Crippen LogP contribution in [0.15, 0.2) is 6.07 Å². The molecule has 4 rings (SSSR count). The van der Waals surface area contributed by atoms with Crippen molar-refractivity contribution < 1.29 is 4.79 Å². The second-order valence-electron chi connectivity index (χ2n) is 6.76. The fourth-order valence-electron chi connectivity index (χ4n) is 3.87. The first-order valence-electron chi connectivity index (χ1n) is 8.01. The molecule has 2 aliphatic heterocycles. The van der Waals surface area contributed by atoms with E-state index in [2.05, 4.69) is 10.4 Å². The summed E-state index contributed by atoms with van der Waals surface area (Å²) in [5.41, 5.74) is 1.46. The van der Waals surface area contributed by atoms with Gasteiger partial charge in [0.2, 0.25) is 0 Å². The lowest BCUT2D eigenvalue weighted by Gasteiger charge is -2.38. The van der Waals surface area contributed by atoms with Crippen molar-refractivity contribution in [1.82, 2.24) is 20.0 Å². The number of aromatic nitrogens is 2. The number of rotatable bonds is 1. The average Bonchev–Trinajstić information content (AvgIpc) is 3.19. The Hall–Kier alpha value is -1.40. The second kappa shape index (κ2) is 5.06. The van der Waals surface area contributed by atoms with E-state index in [4.69, 9.17) is 0 Å². The molecule has 0 unspecified atom stereocenters. The molecular weight excluding hydrogens is 296 g/mol. The third-order valence-electron chi connectivity index (χ3n) is 5.35. The fraction of sp³-hybridized carbons (Fsp3) is 0.625. The van der Waals surface area contributed by atoms with Gasteiger partial charge in [0.05, 0.1) is 10.6 Å². The molecule has 0 aromatic carbocycles. The van der Waals surface area contributed by atoms with Gasteiger partial charge in [-0.1, -0.05) is 0 Å². The van der Waals surface area contributed by atoms with Crippen LogP contribution in [0.2, 0.25) is 0 Å². The Morgan fingerprint density at radius 1 is 1.36 bits per heavy atom. The lowest BCUT2D eigenvalue weighted by Crippen LogP contribution is -2.43. The molecule has 0 atom stereocenters. The molecule has 1 N–H and O–H groups in total. The number of piperidine rings is 1. The van der Waals surface area contributed by atoms with Gasteiger partial charge in [-0.05, 0) is 44.2 Å². The van der Waals surface area contributed by atoms with E-state index in [0.29, 0.717) is 5.41 Å². The van der Waals surface area contributed by atoms with Gasteiger partial charge in [0.15, 0.2) is 0 Å². The fourth-order valence-corrected chi connectivity index (χ4v) is 4.96. The van der Waals surface area contributed by atoms with Crippen LogP contribution in [0, 0.1) is 12.3 Å². The van der Waals surface area contributed by atoms with E-state index in [9.17, 15) is 4.79 Å². The number of likely N-dealkylation sites (tertiary alicyclic amines) is 1. The number of fused-ring (bicyclic) bond motifs is 1. The van der Waals surface area contributed by atoms with Crippen LogP contribution in [0.25, 0.3) is 10.2 Å². The first-order valence-corrected chi connectivity index (χ1v) is 8.83. The number of amides is 1. The van der Waals surface area contributed by atoms with Crippen molar-refractivity contribution in [3.05, 3.63) is 16.6 Å². The maximum Gasteiger partial charge on any atom is 0.264 e. The summed E-state index contributed by atoms with van der Waals surface area (Å²) >= 11 is 1.57. The number of aryl methyl sites for hydroxylation is 2. The van der Waals surface area contributed by atoms with Crippen LogP contribution in [-0.4, -0.2) is 46.8 Å². The van der Waals surface area contributed by atoms with Crippen LogP contribution in [0.4, 0.5) is 0 Å². The maximum atomic E-state index is 12.8. The zero-order valence-corrected chi connectivity index (χ0v) is 14.0. The molecule has 2 saturated heterocycles. The van der Waals surface area contributed by atoms with Crippen LogP contribution in [-0.2, 0) is 7.05 Å². The Morgan fingerprint density at radius 3 is 2.77 bits per heavy atom. The Morgan fingerprint density at radius 2 is 2.14 bits per heavy atom. The molecule has 2 aromatic rings. The topological polar surface area (TPSA) is 50.2 Å². The second-order valence-corrected chi connectivity index (χ2v) is 7.79. The normalized spacial score (nSPS) is 21.1. The molecule has 118 valence electrons. The Balaban J connectivity index is 1.52. The largest absolute Gasteiger partial charge is 0.338 e. The van der Waals surface area contributed by atoms with E-state index in [1.165, 1.54) is 6.42 Å². The summed E-state index contributed by atoms with van der Waals surface area (Å²) in [6.07, 6.45) is 3.54. The quantitative estimate of drug-likeness (QED) is 0.876. The van der Waals surface area contributed by atoms with Gasteiger partial charge in [-0.2, -0.15) is 5.10 Å². The zero-order chi connectivity index (χ0) is 15.3. The molecular formula is C16H22N4OS. The van der Waals surface area contributed by atoms with Crippen molar-refractivity contribution in [1.29, 1.82) is 0 Å². The van der Waals surface area contributed by atoms with Crippen molar-refractivity contribution in [2.75, 3.05) is 26.2 Å². The van der Waals surface area contributed by atoms with Crippen LogP contribution >= 0.6 is 11.3 Å². The maximum absolute atomic E-state index is 12.8. The predicted molar refractivity (Wildman–Crippen MR) is 88.4 cm³/mol. The molecule has 0 saturated carbocycles. The highest BCUT2D eigenvalue weighted by molar-refractivity contribution is 7.20. The van der Waals surface area contributed by atoms with Gasteiger partial charge in [0, 0.05) is 32.1 Å². The highest BCUT2D eigenvalue weighted by Crippen LogP contribution is 2.38. The summed E-state index contributed by atoms with van der Waals surface area (Å²) in [5.74, 6) is 0.196. The minimum atomic E-state index is 0.196. The van der Waals surface area contributed by atoms with E-state index in [-0.39, 0.29) is 5.91 Å². The first-order chi connectivity index (χ1) is 10.6. The number of hydrogen-bond acceptors (Lipinski definition) is 4. The molecule has 6 heteroatoms. The Labute approximate surface area is 134 Å². The average molecular weight is 318 g/mol. The van der Waals surface area contributed by atoms with E-state index in [1.54, 1.807) is 11.3 Å². The van der Waals surface area contributed by atoms with Gasteiger partial charge >= 0.3 is 0 Å². The molecule has 1 spiro atoms. The third-order valence-corrected chi connectivity index (χ3v) is 6.54. The van der Waals surface area contributed by atoms with E-state index >= 15 is 0 Å². The highest BCUT2D eigenvalue weighted by atomic mass is 32.1. The van der Waals surface area contributed by atoms with Crippen molar-refractivity contribution in [3.63, 3.8) is 0 Å². The van der Waals surface area contributed by atoms with Gasteiger partial charge in [0.1, 0.15) is 4.83 Å². The smallest absolute Gasteiger partial charge is 0.264 e. The van der Waals surface area contributed by atoms with Crippen molar-refractivity contribution in [2.45, 2.75) is 26.2 Å². The van der Waals surface area contributed by atoms with Crippen LogP contribution < -0.4 is 5.32 Å². The summed E-state index contributed by atoms with van der Waals surface area (Å²) in [4.78, 5) is 16.8. The number of carbonyl (C=O) groups is 1. The predicted octanol–water partition coefficient (Wildman–Crippen LogP) is 2.16. The summed E-state index contributed by atoms with van der Waals surface area (Å²) in [6, 6.07) is 2.02. The van der Waals surface area contributed by atoms with E-state index in [1.807, 2.05) is 29.6 Å². The molecule has 0 bridgehead atoms. The SMILES string of the molecule is Cc1nn(C)c2sc(C(=O)N3CCC4(CCNC4)CC3)cc12. The van der Waals surface area contributed by atoms with Crippen LogP contribution in [0.1, 0.15) is 34.6 Å². The number of nitrogens with one attached hydrogen (secondary N) is 1. The number of nitrogens with zero attached hydrogens (tertiary/aromatic N) is 3. The van der Waals surface area contributed by atoms with Gasteiger partial charge in [-0.25, -0.2) is 0 Å². The van der Waals surface area contributed by atoms with Gasteiger partial charge in [-0.15, -0.1) is 11.3 Å². The summed E-state index contributed by atoms with van der Waals surface area (Å²) < 4.78 is 1.88. The minimum absolute atomic E-state index is 0.196. The Bertz CT molecular complexity index is 681. The summed E-state index contributed by atoms with van der Waals surface area (Å²) in [7, 11) is 1.94. The summed E-state index contributed by atoms with van der Waals surface area (Å²) in [6.45, 7) is 6.05. The molecule has 2 aromatic heterocycles. The standard InChI is InChI=1S/C16H22N4OS/c1-11-12-9-13(22-15(12)19(2)18-11)14(21)20-7-4-16(5-8-20)3-6-17-10-16/h9,17H,3-8,10H2,1-2H3. The molecule has 1 amide bonds. The molecule has 22 heavy (non-hydrogen) atoms. The van der Waals surface area contributed by atoms with Gasteiger partial charge < -0.3 is 10.2 Å². The first kappa shape index (κ1) is 14.2. The minimum Gasteiger partial charge on any atom is -0.338 e. The van der Waals surface area contributed by atoms with Crippen LogP contribution in [0.5, 0.6) is 0 Å². The Kier molecular flexibility index (Phi) is 3.27. The van der Waals surface area contributed by atoms with Crippen molar-refractivity contribution >= 4 is 27.5 Å². The van der Waals surface area contributed by atoms with Crippen molar-refractivity contribution in [3.8, 4) is 0 Å². The molecule has 4 heterocycles. The van der Waals surface area contributed by atoms with E-state index < -0.39 is 0 Å². The number of thiophene rings is 1. The van der Waals surface area contributed by atoms with Crippen LogP contribution in [0.3, 0.4) is 0 Å². The zero-order valence-electron chi connectivity index (χ0n) is 13.2.